The highest BCUT2D eigenvalue weighted by molar-refractivity contribution is 5.91. The Kier molecular flexibility index (Phi) is 4.69. The second-order valence-corrected chi connectivity index (χ2v) is 5.06. The van der Waals surface area contributed by atoms with Crippen LogP contribution in [0, 0.1) is 5.92 Å². The predicted octanol–water partition coefficient (Wildman–Crippen LogP) is 0.223. The van der Waals surface area contributed by atoms with E-state index in [0.29, 0.717) is 19.4 Å². The van der Waals surface area contributed by atoms with Crippen LogP contribution < -0.4 is 5.32 Å². The SMILES string of the molecule is CC(=O)N[C@H]1CCN([C@@H](CC(C)C)C(=O)O)C1=O. The van der Waals surface area contributed by atoms with Crippen molar-refractivity contribution in [3.63, 3.8) is 0 Å². The molecule has 1 aliphatic rings. The fraction of sp³-hybridized carbons (Fsp3) is 0.750. The number of amides is 2. The lowest BCUT2D eigenvalue weighted by Crippen LogP contribution is -2.47. The molecule has 102 valence electrons. The number of rotatable bonds is 5. The Bertz CT molecular complexity index is 354. The van der Waals surface area contributed by atoms with Gasteiger partial charge in [0.1, 0.15) is 12.1 Å². The number of carbonyl (C=O) groups is 3. The summed E-state index contributed by atoms with van der Waals surface area (Å²) in [7, 11) is 0. The quantitative estimate of drug-likeness (QED) is 0.737. The van der Waals surface area contributed by atoms with E-state index in [2.05, 4.69) is 5.32 Å². The summed E-state index contributed by atoms with van der Waals surface area (Å²) in [6.45, 7) is 5.57. The molecule has 0 radical (unpaired) electrons. The molecule has 1 saturated heterocycles. The van der Waals surface area contributed by atoms with Gasteiger partial charge in [0.25, 0.3) is 0 Å². The van der Waals surface area contributed by atoms with E-state index in [4.69, 9.17) is 0 Å². The van der Waals surface area contributed by atoms with Gasteiger partial charge in [-0.05, 0) is 18.8 Å². The molecule has 0 bridgehead atoms. The molecule has 2 N–H and O–H groups in total. The third-order valence-electron chi connectivity index (χ3n) is 2.97. The normalized spacial score (nSPS) is 21.2. The average Bonchev–Trinajstić information content (AvgIpc) is 2.56. The number of hydrogen-bond acceptors (Lipinski definition) is 3. The molecule has 0 spiro atoms. The van der Waals surface area contributed by atoms with Gasteiger partial charge in [-0.1, -0.05) is 13.8 Å². The van der Waals surface area contributed by atoms with Gasteiger partial charge in [-0.15, -0.1) is 0 Å². The molecule has 1 aliphatic heterocycles. The second kappa shape index (κ2) is 5.84. The van der Waals surface area contributed by atoms with Gasteiger partial charge in [0.2, 0.25) is 11.8 Å². The Labute approximate surface area is 106 Å². The van der Waals surface area contributed by atoms with Crippen LogP contribution in [0.5, 0.6) is 0 Å². The molecule has 0 aliphatic carbocycles. The van der Waals surface area contributed by atoms with E-state index >= 15 is 0 Å². The van der Waals surface area contributed by atoms with Crippen LogP contribution in [0.25, 0.3) is 0 Å². The van der Waals surface area contributed by atoms with Crippen molar-refractivity contribution in [2.75, 3.05) is 6.54 Å². The molecule has 6 heteroatoms. The molecule has 2 amide bonds. The highest BCUT2D eigenvalue weighted by Crippen LogP contribution is 2.19. The van der Waals surface area contributed by atoms with Gasteiger partial charge in [0.05, 0.1) is 0 Å². The van der Waals surface area contributed by atoms with E-state index in [-0.39, 0.29) is 17.7 Å². The molecule has 0 aromatic heterocycles. The van der Waals surface area contributed by atoms with Crippen LogP contribution >= 0.6 is 0 Å². The van der Waals surface area contributed by atoms with Gasteiger partial charge < -0.3 is 15.3 Å². The first-order valence-electron chi connectivity index (χ1n) is 6.13. The van der Waals surface area contributed by atoms with Crippen LogP contribution in [0.1, 0.15) is 33.6 Å². The lowest BCUT2D eigenvalue weighted by Gasteiger charge is -2.26. The van der Waals surface area contributed by atoms with Crippen molar-refractivity contribution >= 4 is 17.8 Å². The van der Waals surface area contributed by atoms with E-state index in [1.807, 2.05) is 13.8 Å². The number of carboxylic acid groups (broad SMARTS) is 1. The largest absolute Gasteiger partial charge is 0.480 e. The predicted molar refractivity (Wildman–Crippen MR) is 64.8 cm³/mol. The molecule has 1 heterocycles. The van der Waals surface area contributed by atoms with Gasteiger partial charge in [0, 0.05) is 13.5 Å². The van der Waals surface area contributed by atoms with Gasteiger partial charge in [-0.3, -0.25) is 9.59 Å². The minimum absolute atomic E-state index is 0.193. The molecule has 0 aromatic rings. The molecule has 2 atom stereocenters. The molecular formula is C12H20N2O4. The smallest absolute Gasteiger partial charge is 0.326 e. The summed E-state index contributed by atoms with van der Waals surface area (Å²) in [5.74, 6) is -1.36. The number of hydrogen-bond donors (Lipinski definition) is 2. The number of carboxylic acids is 1. The lowest BCUT2D eigenvalue weighted by atomic mass is 10.0. The Morgan fingerprint density at radius 2 is 2.11 bits per heavy atom. The summed E-state index contributed by atoms with van der Waals surface area (Å²) in [6.07, 6.45) is 0.897. The summed E-state index contributed by atoms with van der Waals surface area (Å²) in [6, 6.07) is -1.37. The number of likely N-dealkylation sites (tertiary alicyclic amines) is 1. The van der Waals surface area contributed by atoms with Crippen LogP contribution in [0.4, 0.5) is 0 Å². The first kappa shape index (κ1) is 14.5. The Morgan fingerprint density at radius 1 is 1.50 bits per heavy atom. The maximum absolute atomic E-state index is 12.0. The van der Waals surface area contributed by atoms with E-state index < -0.39 is 18.1 Å². The van der Waals surface area contributed by atoms with Crippen molar-refractivity contribution in [1.29, 1.82) is 0 Å². The molecule has 0 unspecified atom stereocenters. The Balaban J connectivity index is 2.73. The zero-order valence-corrected chi connectivity index (χ0v) is 11.0. The van der Waals surface area contributed by atoms with Crippen molar-refractivity contribution in [3.05, 3.63) is 0 Å². The zero-order valence-electron chi connectivity index (χ0n) is 11.0. The first-order valence-corrected chi connectivity index (χ1v) is 6.13. The molecule has 0 aromatic carbocycles. The van der Waals surface area contributed by atoms with Crippen LogP contribution in [-0.4, -0.2) is 46.4 Å². The fourth-order valence-corrected chi connectivity index (χ4v) is 2.20. The molecule has 6 nitrogen and oxygen atoms in total. The van der Waals surface area contributed by atoms with E-state index in [1.165, 1.54) is 11.8 Å². The highest BCUT2D eigenvalue weighted by atomic mass is 16.4. The standard InChI is InChI=1S/C12H20N2O4/c1-7(2)6-10(12(17)18)14-5-4-9(11(14)16)13-8(3)15/h7,9-10H,4-6H2,1-3H3,(H,13,15)(H,17,18)/t9-,10-/m0/s1. The van der Waals surface area contributed by atoms with Crippen LogP contribution in [0.2, 0.25) is 0 Å². The summed E-state index contributed by atoms with van der Waals surface area (Å²) in [5.41, 5.74) is 0. The topological polar surface area (TPSA) is 86.7 Å². The van der Waals surface area contributed by atoms with Crippen molar-refractivity contribution in [3.8, 4) is 0 Å². The van der Waals surface area contributed by atoms with Crippen molar-refractivity contribution in [2.24, 2.45) is 5.92 Å². The highest BCUT2D eigenvalue weighted by Gasteiger charge is 2.39. The van der Waals surface area contributed by atoms with Crippen molar-refractivity contribution in [1.82, 2.24) is 10.2 Å². The van der Waals surface area contributed by atoms with Gasteiger partial charge in [-0.2, -0.15) is 0 Å². The lowest BCUT2D eigenvalue weighted by molar-refractivity contribution is -0.149. The number of nitrogens with one attached hydrogen (secondary N) is 1. The molecular weight excluding hydrogens is 236 g/mol. The van der Waals surface area contributed by atoms with E-state index in [9.17, 15) is 19.5 Å². The summed E-state index contributed by atoms with van der Waals surface area (Å²) in [4.78, 5) is 35.5. The van der Waals surface area contributed by atoms with Crippen LogP contribution in [-0.2, 0) is 14.4 Å². The summed E-state index contributed by atoms with van der Waals surface area (Å²) < 4.78 is 0. The monoisotopic (exact) mass is 256 g/mol. The maximum atomic E-state index is 12.0. The first-order chi connectivity index (χ1) is 8.32. The number of carbonyl (C=O) groups excluding carboxylic acids is 2. The number of nitrogens with zero attached hydrogens (tertiary/aromatic N) is 1. The number of aliphatic carboxylic acids is 1. The van der Waals surface area contributed by atoms with Crippen molar-refractivity contribution < 1.29 is 19.5 Å². The van der Waals surface area contributed by atoms with Crippen LogP contribution in [0.15, 0.2) is 0 Å². The Morgan fingerprint density at radius 3 is 2.56 bits per heavy atom. The molecule has 1 rings (SSSR count). The van der Waals surface area contributed by atoms with Gasteiger partial charge in [-0.25, -0.2) is 4.79 Å². The van der Waals surface area contributed by atoms with Crippen molar-refractivity contribution in [2.45, 2.75) is 45.7 Å². The maximum Gasteiger partial charge on any atom is 0.326 e. The average molecular weight is 256 g/mol. The Hall–Kier alpha value is -1.59. The molecule has 18 heavy (non-hydrogen) atoms. The molecule has 0 saturated carbocycles. The molecule has 1 fully saturated rings. The van der Waals surface area contributed by atoms with Gasteiger partial charge in [0.15, 0.2) is 0 Å². The second-order valence-electron chi connectivity index (χ2n) is 5.06. The minimum Gasteiger partial charge on any atom is -0.480 e. The third kappa shape index (κ3) is 3.45. The summed E-state index contributed by atoms with van der Waals surface area (Å²) >= 11 is 0. The van der Waals surface area contributed by atoms with Crippen LogP contribution in [0.3, 0.4) is 0 Å². The van der Waals surface area contributed by atoms with E-state index in [1.54, 1.807) is 0 Å². The van der Waals surface area contributed by atoms with E-state index in [0.717, 1.165) is 0 Å². The fourth-order valence-electron chi connectivity index (χ4n) is 2.20. The summed E-state index contributed by atoms with van der Waals surface area (Å²) in [5, 5.41) is 11.7. The minimum atomic E-state index is -0.986. The zero-order chi connectivity index (χ0) is 13.9. The van der Waals surface area contributed by atoms with Gasteiger partial charge >= 0.3 is 5.97 Å². The third-order valence-corrected chi connectivity index (χ3v) is 2.97.